The highest BCUT2D eigenvalue weighted by molar-refractivity contribution is 7.14. The van der Waals surface area contributed by atoms with Crippen molar-refractivity contribution in [2.45, 2.75) is 19.4 Å². The van der Waals surface area contributed by atoms with Gasteiger partial charge in [-0.3, -0.25) is 10.1 Å². The van der Waals surface area contributed by atoms with Crippen molar-refractivity contribution in [1.29, 1.82) is 0 Å². The van der Waals surface area contributed by atoms with Gasteiger partial charge < -0.3 is 9.30 Å². The molecule has 5 nitrogen and oxygen atoms in total. The van der Waals surface area contributed by atoms with Crippen molar-refractivity contribution in [3.63, 3.8) is 0 Å². The molecule has 21 heavy (non-hydrogen) atoms. The summed E-state index contributed by atoms with van der Waals surface area (Å²) in [5.74, 6) is -0.188. The Kier molecular flexibility index (Phi) is 5.30. The maximum Gasteiger partial charge on any atom is 0.254 e. The van der Waals surface area contributed by atoms with Gasteiger partial charge in [-0.15, -0.1) is 17.9 Å². The highest BCUT2D eigenvalue weighted by atomic mass is 32.1. The molecule has 0 saturated heterocycles. The summed E-state index contributed by atoms with van der Waals surface area (Å²) in [7, 11) is 1.96. The molecule has 2 aromatic rings. The number of carbonyl (C=O) groups excluding carboxylic acids is 1. The van der Waals surface area contributed by atoms with Crippen LogP contribution in [0.15, 0.2) is 36.4 Å². The first kappa shape index (κ1) is 15.5. The molecule has 0 fully saturated rings. The highest BCUT2D eigenvalue weighted by Crippen LogP contribution is 2.24. The molecule has 1 N–H and O–H groups in total. The average Bonchev–Trinajstić information content (AvgIpc) is 3.07. The third-order valence-corrected chi connectivity index (χ3v) is 3.76. The maximum absolute atomic E-state index is 12.0. The van der Waals surface area contributed by atoms with Gasteiger partial charge in [0.15, 0.2) is 5.13 Å². The second-order valence-electron chi connectivity index (χ2n) is 4.62. The minimum atomic E-state index is -0.507. The predicted molar refractivity (Wildman–Crippen MR) is 85.4 cm³/mol. The van der Waals surface area contributed by atoms with E-state index in [1.807, 2.05) is 35.3 Å². The lowest BCUT2D eigenvalue weighted by atomic mass is 10.3. The fourth-order valence-corrected chi connectivity index (χ4v) is 2.49. The van der Waals surface area contributed by atoms with Gasteiger partial charge in [-0.05, 0) is 25.5 Å². The van der Waals surface area contributed by atoms with E-state index in [-0.39, 0.29) is 5.91 Å². The second-order valence-corrected chi connectivity index (χ2v) is 5.48. The van der Waals surface area contributed by atoms with Crippen LogP contribution >= 0.6 is 11.3 Å². The van der Waals surface area contributed by atoms with Crippen LogP contribution in [0.1, 0.15) is 13.3 Å². The number of aromatic nitrogens is 2. The normalized spacial score (nSPS) is 12.1. The minimum absolute atomic E-state index is 0.188. The summed E-state index contributed by atoms with van der Waals surface area (Å²) in [5, 5.41) is 5.28. The van der Waals surface area contributed by atoms with Gasteiger partial charge in [0.2, 0.25) is 0 Å². The average molecular weight is 305 g/mol. The summed E-state index contributed by atoms with van der Waals surface area (Å²) in [4.78, 5) is 16.4. The molecule has 2 heterocycles. The predicted octanol–water partition coefficient (Wildman–Crippen LogP) is 3.07. The number of thiazole rings is 1. The van der Waals surface area contributed by atoms with E-state index >= 15 is 0 Å². The van der Waals surface area contributed by atoms with Crippen molar-refractivity contribution in [3.05, 3.63) is 36.4 Å². The summed E-state index contributed by atoms with van der Waals surface area (Å²) >= 11 is 1.40. The zero-order chi connectivity index (χ0) is 15.2. The van der Waals surface area contributed by atoms with E-state index in [4.69, 9.17) is 4.74 Å². The molecule has 2 aromatic heterocycles. The van der Waals surface area contributed by atoms with E-state index < -0.39 is 6.10 Å². The minimum Gasteiger partial charge on any atom is -0.368 e. The SMILES string of the molecule is C=CCCOC(C)C(=O)Nc1nc(-c2cccn2C)cs1. The summed E-state index contributed by atoms with van der Waals surface area (Å²) < 4.78 is 7.39. The first-order valence-electron chi connectivity index (χ1n) is 6.72. The molecule has 2 rings (SSSR count). The quantitative estimate of drug-likeness (QED) is 0.632. The van der Waals surface area contributed by atoms with E-state index in [1.54, 1.807) is 13.0 Å². The standard InChI is InChI=1S/C15H19N3O2S/c1-4-5-9-20-11(2)14(19)17-15-16-12(10-21-15)13-7-6-8-18(13)3/h4,6-8,10-11H,1,5,9H2,2-3H3,(H,16,17,19). The van der Waals surface area contributed by atoms with E-state index in [0.717, 1.165) is 17.8 Å². The van der Waals surface area contributed by atoms with Crippen molar-refractivity contribution in [1.82, 2.24) is 9.55 Å². The number of ether oxygens (including phenoxy) is 1. The third kappa shape index (κ3) is 4.03. The third-order valence-electron chi connectivity index (χ3n) is 3.00. The van der Waals surface area contributed by atoms with Crippen LogP contribution in [-0.4, -0.2) is 28.2 Å². The fraction of sp³-hybridized carbons (Fsp3) is 0.333. The van der Waals surface area contributed by atoms with Crippen LogP contribution < -0.4 is 5.32 Å². The Morgan fingerprint density at radius 3 is 3.14 bits per heavy atom. The zero-order valence-electron chi connectivity index (χ0n) is 12.2. The van der Waals surface area contributed by atoms with E-state index in [0.29, 0.717) is 11.7 Å². The topological polar surface area (TPSA) is 56.1 Å². The number of amides is 1. The van der Waals surface area contributed by atoms with Crippen LogP contribution in [-0.2, 0) is 16.6 Å². The van der Waals surface area contributed by atoms with Crippen LogP contribution in [0.3, 0.4) is 0 Å². The number of nitrogens with one attached hydrogen (secondary N) is 1. The number of rotatable bonds is 7. The number of nitrogens with zero attached hydrogens (tertiary/aromatic N) is 2. The Bertz CT molecular complexity index is 618. The van der Waals surface area contributed by atoms with Crippen molar-refractivity contribution >= 4 is 22.4 Å². The lowest BCUT2D eigenvalue weighted by molar-refractivity contribution is -0.126. The molecule has 0 bridgehead atoms. The molecule has 1 atom stereocenters. The van der Waals surface area contributed by atoms with Crippen LogP contribution in [0.5, 0.6) is 0 Å². The van der Waals surface area contributed by atoms with Crippen LogP contribution in [0.25, 0.3) is 11.4 Å². The van der Waals surface area contributed by atoms with Crippen molar-refractivity contribution in [3.8, 4) is 11.4 Å². The van der Waals surface area contributed by atoms with Gasteiger partial charge in [0.05, 0.1) is 18.0 Å². The Morgan fingerprint density at radius 2 is 2.48 bits per heavy atom. The first-order chi connectivity index (χ1) is 10.1. The van der Waals surface area contributed by atoms with E-state index in [9.17, 15) is 4.79 Å². The smallest absolute Gasteiger partial charge is 0.254 e. The molecule has 6 heteroatoms. The van der Waals surface area contributed by atoms with Gasteiger partial charge in [-0.1, -0.05) is 6.08 Å². The number of hydrogen-bond acceptors (Lipinski definition) is 4. The van der Waals surface area contributed by atoms with Gasteiger partial charge in [0.1, 0.15) is 6.10 Å². The molecule has 0 saturated carbocycles. The molecule has 0 aliphatic rings. The molecule has 1 unspecified atom stereocenters. The lowest BCUT2D eigenvalue weighted by Gasteiger charge is -2.11. The number of aryl methyl sites for hydroxylation is 1. The molecular weight excluding hydrogens is 286 g/mol. The van der Waals surface area contributed by atoms with Crippen LogP contribution in [0.2, 0.25) is 0 Å². The summed E-state index contributed by atoms with van der Waals surface area (Å²) in [6, 6.07) is 3.95. The molecule has 0 aliphatic heterocycles. The van der Waals surface area contributed by atoms with E-state index in [2.05, 4.69) is 16.9 Å². The van der Waals surface area contributed by atoms with Gasteiger partial charge in [0, 0.05) is 18.6 Å². The van der Waals surface area contributed by atoms with Crippen LogP contribution in [0.4, 0.5) is 5.13 Å². The molecule has 0 spiro atoms. The van der Waals surface area contributed by atoms with Gasteiger partial charge in [0.25, 0.3) is 5.91 Å². The van der Waals surface area contributed by atoms with Gasteiger partial charge in [-0.25, -0.2) is 4.98 Å². The number of hydrogen-bond donors (Lipinski definition) is 1. The molecular formula is C15H19N3O2S. The number of carbonyl (C=O) groups is 1. The molecule has 0 radical (unpaired) electrons. The van der Waals surface area contributed by atoms with E-state index in [1.165, 1.54) is 11.3 Å². The Morgan fingerprint density at radius 1 is 1.67 bits per heavy atom. The monoisotopic (exact) mass is 305 g/mol. The van der Waals surface area contributed by atoms with Crippen molar-refractivity contribution in [2.75, 3.05) is 11.9 Å². The molecule has 0 aromatic carbocycles. The summed E-state index contributed by atoms with van der Waals surface area (Å²) in [6.07, 6.45) is 3.94. The van der Waals surface area contributed by atoms with Crippen molar-refractivity contribution < 1.29 is 9.53 Å². The Balaban J connectivity index is 1.94. The largest absolute Gasteiger partial charge is 0.368 e. The number of anilines is 1. The van der Waals surface area contributed by atoms with Crippen molar-refractivity contribution in [2.24, 2.45) is 7.05 Å². The molecule has 112 valence electrons. The molecule has 1 amide bonds. The first-order valence-corrected chi connectivity index (χ1v) is 7.60. The zero-order valence-corrected chi connectivity index (χ0v) is 13.0. The fourth-order valence-electron chi connectivity index (χ4n) is 1.79. The maximum atomic E-state index is 12.0. The molecule has 0 aliphatic carbocycles. The Labute approximate surface area is 128 Å². The second kappa shape index (κ2) is 7.19. The van der Waals surface area contributed by atoms with Crippen LogP contribution in [0, 0.1) is 0 Å². The lowest BCUT2D eigenvalue weighted by Crippen LogP contribution is -2.27. The van der Waals surface area contributed by atoms with Gasteiger partial charge in [-0.2, -0.15) is 0 Å². The summed E-state index contributed by atoms with van der Waals surface area (Å²) in [5.41, 5.74) is 1.87. The van der Waals surface area contributed by atoms with Gasteiger partial charge >= 0.3 is 0 Å². The highest BCUT2D eigenvalue weighted by Gasteiger charge is 2.15. The Hall–Kier alpha value is -1.92. The summed E-state index contributed by atoms with van der Waals surface area (Å²) in [6.45, 7) is 5.83.